The molecule has 0 aliphatic carbocycles. The number of aromatic nitrogens is 2. The van der Waals surface area contributed by atoms with Crippen LogP contribution in [0, 0.1) is 0 Å². The average Bonchev–Trinajstić information content (AvgIpc) is 3.25. The van der Waals surface area contributed by atoms with Crippen molar-refractivity contribution in [3.63, 3.8) is 0 Å². The fourth-order valence-electron chi connectivity index (χ4n) is 3.35. The highest BCUT2D eigenvalue weighted by molar-refractivity contribution is 7.99. The molecule has 0 radical (unpaired) electrons. The molecule has 5 nitrogen and oxygen atoms in total. The van der Waals surface area contributed by atoms with Gasteiger partial charge in [-0.15, -0.1) is 17.9 Å². The first kappa shape index (κ1) is 25.0. The van der Waals surface area contributed by atoms with Gasteiger partial charge in [0.2, 0.25) is 5.91 Å². The molecule has 4 rings (SSSR count). The standard InChI is InChI=1S/C24H17ClF3N3O2S2/c1-2-10-31-22(33)20-16(14-6-4-3-5-7-14)12-34-21(20)30-23(31)35-13-19(32)29-18-11-15(24(26,27)28)8-9-17(18)25/h2-9,11-12H,1,10,13H2,(H,29,32). The molecule has 0 atom stereocenters. The number of nitrogens with one attached hydrogen (secondary N) is 1. The highest BCUT2D eigenvalue weighted by atomic mass is 35.5. The summed E-state index contributed by atoms with van der Waals surface area (Å²) in [4.78, 5) is 31.0. The smallest absolute Gasteiger partial charge is 0.324 e. The van der Waals surface area contributed by atoms with Crippen LogP contribution >= 0.6 is 34.7 Å². The van der Waals surface area contributed by atoms with Crippen molar-refractivity contribution in [2.45, 2.75) is 17.9 Å². The number of hydrogen-bond acceptors (Lipinski definition) is 5. The van der Waals surface area contributed by atoms with Crippen molar-refractivity contribution in [2.24, 2.45) is 0 Å². The molecule has 0 saturated carbocycles. The second kappa shape index (κ2) is 10.3. The summed E-state index contributed by atoms with van der Waals surface area (Å²) in [6.07, 6.45) is -3.02. The van der Waals surface area contributed by atoms with E-state index in [2.05, 4.69) is 16.9 Å². The van der Waals surface area contributed by atoms with E-state index in [9.17, 15) is 22.8 Å². The summed E-state index contributed by atoms with van der Waals surface area (Å²) in [6.45, 7) is 3.87. The van der Waals surface area contributed by atoms with Crippen LogP contribution in [0.2, 0.25) is 5.02 Å². The number of thiophene rings is 1. The first-order valence-electron chi connectivity index (χ1n) is 10.2. The van der Waals surface area contributed by atoms with Crippen LogP contribution in [-0.4, -0.2) is 21.2 Å². The highest BCUT2D eigenvalue weighted by Crippen LogP contribution is 2.34. The Hall–Kier alpha value is -3.08. The predicted molar refractivity (Wildman–Crippen MR) is 135 cm³/mol. The zero-order valence-corrected chi connectivity index (χ0v) is 20.3. The number of anilines is 1. The summed E-state index contributed by atoms with van der Waals surface area (Å²) < 4.78 is 40.4. The Morgan fingerprint density at radius 2 is 1.97 bits per heavy atom. The molecule has 1 amide bonds. The summed E-state index contributed by atoms with van der Waals surface area (Å²) in [5, 5.41) is 5.02. The Bertz CT molecular complexity index is 1470. The number of thioether (sulfide) groups is 1. The first-order valence-corrected chi connectivity index (χ1v) is 12.4. The second-order valence-electron chi connectivity index (χ2n) is 7.32. The van der Waals surface area contributed by atoms with E-state index in [4.69, 9.17) is 11.6 Å². The number of allylic oxidation sites excluding steroid dienone is 1. The number of hydrogen-bond donors (Lipinski definition) is 1. The van der Waals surface area contributed by atoms with Crippen LogP contribution < -0.4 is 10.9 Å². The van der Waals surface area contributed by atoms with Crippen LogP contribution in [0.3, 0.4) is 0 Å². The van der Waals surface area contributed by atoms with Crippen LogP contribution in [0.4, 0.5) is 18.9 Å². The van der Waals surface area contributed by atoms with E-state index in [1.165, 1.54) is 15.9 Å². The molecule has 2 aromatic heterocycles. The van der Waals surface area contributed by atoms with Gasteiger partial charge >= 0.3 is 6.18 Å². The molecule has 0 aliphatic rings. The summed E-state index contributed by atoms with van der Waals surface area (Å²) in [5.74, 6) is -0.787. The monoisotopic (exact) mass is 535 g/mol. The highest BCUT2D eigenvalue weighted by Gasteiger charge is 2.31. The van der Waals surface area contributed by atoms with E-state index < -0.39 is 17.6 Å². The molecular weight excluding hydrogens is 519 g/mol. The van der Waals surface area contributed by atoms with Crippen molar-refractivity contribution < 1.29 is 18.0 Å². The molecule has 35 heavy (non-hydrogen) atoms. The van der Waals surface area contributed by atoms with Crippen LogP contribution in [0.1, 0.15) is 5.56 Å². The fourth-order valence-corrected chi connectivity index (χ4v) is 5.31. The number of amides is 1. The van der Waals surface area contributed by atoms with E-state index in [0.29, 0.717) is 15.4 Å². The fraction of sp³-hybridized carbons (Fsp3) is 0.125. The Morgan fingerprint density at radius 1 is 1.23 bits per heavy atom. The Morgan fingerprint density at radius 3 is 2.66 bits per heavy atom. The molecule has 0 aliphatic heterocycles. The maximum absolute atomic E-state index is 13.4. The number of carbonyl (C=O) groups is 1. The van der Waals surface area contributed by atoms with Crippen molar-refractivity contribution in [1.82, 2.24) is 9.55 Å². The van der Waals surface area contributed by atoms with Crippen molar-refractivity contribution in [1.29, 1.82) is 0 Å². The maximum atomic E-state index is 13.4. The van der Waals surface area contributed by atoms with Gasteiger partial charge in [-0.05, 0) is 23.8 Å². The Kier molecular flexibility index (Phi) is 7.34. The molecule has 0 spiro atoms. The van der Waals surface area contributed by atoms with Gasteiger partial charge in [0.1, 0.15) is 4.83 Å². The quantitative estimate of drug-likeness (QED) is 0.162. The molecule has 2 aromatic carbocycles. The minimum Gasteiger partial charge on any atom is -0.324 e. The van der Waals surface area contributed by atoms with Crippen LogP contribution in [0.15, 0.2) is 76.5 Å². The minimum absolute atomic E-state index is 0.0218. The van der Waals surface area contributed by atoms with E-state index in [0.717, 1.165) is 41.1 Å². The largest absolute Gasteiger partial charge is 0.416 e. The van der Waals surface area contributed by atoms with Crippen molar-refractivity contribution in [3.8, 4) is 11.1 Å². The van der Waals surface area contributed by atoms with Gasteiger partial charge < -0.3 is 5.32 Å². The lowest BCUT2D eigenvalue weighted by Gasteiger charge is -2.13. The third-order valence-corrected chi connectivity index (χ3v) is 7.13. The van der Waals surface area contributed by atoms with Gasteiger partial charge in [-0.1, -0.05) is 59.8 Å². The number of rotatable bonds is 7. The molecule has 0 bridgehead atoms. The van der Waals surface area contributed by atoms with Gasteiger partial charge in [0, 0.05) is 17.5 Å². The Balaban J connectivity index is 1.60. The minimum atomic E-state index is -4.57. The molecule has 4 aromatic rings. The summed E-state index contributed by atoms with van der Waals surface area (Å²) in [6, 6.07) is 12.2. The van der Waals surface area contributed by atoms with Gasteiger partial charge in [0.15, 0.2) is 5.16 Å². The average molecular weight is 536 g/mol. The van der Waals surface area contributed by atoms with Gasteiger partial charge in [0.05, 0.1) is 27.4 Å². The third kappa shape index (κ3) is 5.44. The summed E-state index contributed by atoms with van der Waals surface area (Å²) in [7, 11) is 0. The van der Waals surface area contributed by atoms with E-state index in [1.54, 1.807) is 6.08 Å². The van der Waals surface area contributed by atoms with Crippen LogP contribution in [-0.2, 0) is 17.5 Å². The number of carbonyl (C=O) groups excluding carboxylic acids is 1. The van der Waals surface area contributed by atoms with Crippen molar-refractivity contribution in [3.05, 3.63) is 87.5 Å². The lowest BCUT2D eigenvalue weighted by Crippen LogP contribution is -2.23. The number of fused-ring (bicyclic) bond motifs is 1. The molecule has 0 saturated heterocycles. The van der Waals surface area contributed by atoms with E-state index in [-0.39, 0.29) is 28.6 Å². The predicted octanol–water partition coefficient (Wildman–Crippen LogP) is 6.71. The molecular formula is C24H17ClF3N3O2S2. The van der Waals surface area contributed by atoms with Crippen LogP contribution in [0.25, 0.3) is 21.3 Å². The topological polar surface area (TPSA) is 64.0 Å². The molecule has 0 fully saturated rings. The molecule has 0 unspecified atom stereocenters. The number of nitrogens with zero attached hydrogens (tertiary/aromatic N) is 2. The molecule has 2 heterocycles. The summed E-state index contributed by atoms with van der Waals surface area (Å²) >= 11 is 8.27. The van der Waals surface area contributed by atoms with Crippen molar-refractivity contribution >= 4 is 56.5 Å². The van der Waals surface area contributed by atoms with Gasteiger partial charge in [-0.25, -0.2) is 4.98 Å². The third-order valence-electron chi connectivity index (χ3n) is 4.96. The zero-order valence-electron chi connectivity index (χ0n) is 17.9. The zero-order chi connectivity index (χ0) is 25.2. The van der Waals surface area contributed by atoms with Gasteiger partial charge in [-0.3, -0.25) is 14.2 Å². The second-order valence-corrected chi connectivity index (χ2v) is 9.53. The van der Waals surface area contributed by atoms with E-state index >= 15 is 0 Å². The SMILES string of the molecule is C=CCn1c(SCC(=O)Nc2cc(C(F)(F)F)ccc2Cl)nc2scc(-c3ccccc3)c2c1=O. The van der Waals surface area contributed by atoms with Gasteiger partial charge in [0.25, 0.3) is 5.56 Å². The van der Waals surface area contributed by atoms with E-state index in [1.807, 2.05) is 35.7 Å². The maximum Gasteiger partial charge on any atom is 0.416 e. The number of alkyl halides is 3. The number of benzene rings is 2. The molecule has 11 heteroatoms. The molecule has 180 valence electrons. The molecule has 1 N–H and O–H groups in total. The van der Waals surface area contributed by atoms with Crippen molar-refractivity contribution in [2.75, 3.05) is 11.1 Å². The normalized spacial score (nSPS) is 11.5. The summed E-state index contributed by atoms with van der Waals surface area (Å²) in [5.41, 5.74) is 0.322. The lowest BCUT2D eigenvalue weighted by atomic mass is 10.1. The van der Waals surface area contributed by atoms with Crippen LogP contribution in [0.5, 0.6) is 0 Å². The van der Waals surface area contributed by atoms with Gasteiger partial charge in [-0.2, -0.15) is 13.2 Å². The number of halogens is 4. The first-order chi connectivity index (χ1) is 16.7. The Labute approximate surface area is 211 Å². The lowest BCUT2D eigenvalue weighted by molar-refractivity contribution is -0.137.